The first kappa shape index (κ1) is 12.1. The Morgan fingerprint density at radius 3 is 2.33 bits per heavy atom. The Labute approximate surface area is 96.5 Å². The quantitative estimate of drug-likeness (QED) is 0.714. The Kier molecular flexibility index (Phi) is 4.23. The highest BCUT2D eigenvalue weighted by Crippen LogP contribution is 2.36. The number of nitriles is 1. The van der Waals surface area contributed by atoms with Crippen LogP contribution < -0.4 is 0 Å². The second kappa shape index (κ2) is 5.23. The molecule has 15 heavy (non-hydrogen) atoms. The summed E-state index contributed by atoms with van der Waals surface area (Å²) in [6.07, 6.45) is 0.600. The summed E-state index contributed by atoms with van der Waals surface area (Å²) in [5.74, 6) is 0. The second-order valence-corrected chi connectivity index (χ2v) is 5.92. The van der Waals surface area contributed by atoms with Crippen molar-refractivity contribution in [3.8, 4) is 6.07 Å². The summed E-state index contributed by atoms with van der Waals surface area (Å²) in [7, 11) is 0. The van der Waals surface area contributed by atoms with E-state index in [9.17, 15) is 0 Å². The molecule has 0 radical (unpaired) electrons. The molecular formula is C13H17NS. The Morgan fingerprint density at radius 2 is 1.87 bits per heavy atom. The van der Waals surface area contributed by atoms with Gasteiger partial charge in [-0.2, -0.15) is 5.26 Å². The van der Waals surface area contributed by atoms with Crippen LogP contribution in [0.2, 0.25) is 0 Å². The molecule has 1 nitrogen and oxygen atoms in total. The fourth-order valence-electron chi connectivity index (χ4n) is 1.27. The molecule has 0 N–H and O–H groups in total. The van der Waals surface area contributed by atoms with Crippen molar-refractivity contribution in [2.24, 2.45) is 5.41 Å². The first-order valence-electron chi connectivity index (χ1n) is 5.12. The number of hydrogen-bond acceptors (Lipinski definition) is 2. The van der Waals surface area contributed by atoms with E-state index in [1.165, 1.54) is 4.90 Å². The maximum atomic E-state index is 8.81. The lowest BCUT2D eigenvalue weighted by Crippen LogP contribution is -2.22. The highest BCUT2D eigenvalue weighted by molar-refractivity contribution is 8.00. The lowest BCUT2D eigenvalue weighted by Gasteiger charge is -2.28. The topological polar surface area (TPSA) is 23.8 Å². The standard InChI is InChI=1S/C13H17NS/c1-13(2,3)12(9-10-14)15-11-7-5-4-6-8-11/h4-8,12H,9H2,1-3H3. The molecule has 1 unspecified atom stereocenters. The SMILES string of the molecule is CC(C)(C)C(CC#N)Sc1ccccc1. The van der Waals surface area contributed by atoms with E-state index in [1.54, 1.807) is 11.8 Å². The number of hydrogen-bond donors (Lipinski definition) is 0. The van der Waals surface area contributed by atoms with Crippen LogP contribution in [0, 0.1) is 16.7 Å². The lowest BCUT2D eigenvalue weighted by molar-refractivity contribution is 0.397. The molecule has 1 aromatic rings. The third-order valence-electron chi connectivity index (χ3n) is 2.26. The van der Waals surface area contributed by atoms with Gasteiger partial charge in [-0.05, 0) is 17.5 Å². The van der Waals surface area contributed by atoms with E-state index in [1.807, 2.05) is 18.2 Å². The first-order valence-corrected chi connectivity index (χ1v) is 6.00. The van der Waals surface area contributed by atoms with Crippen LogP contribution in [-0.4, -0.2) is 5.25 Å². The normalized spacial score (nSPS) is 13.2. The van der Waals surface area contributed by atoms with E-state index < -0.39 is 0 Å². The Balaban J connectivity index is 2.73. The Bertz CT molecular complexity index is 332. The average Bonchev–Trinajstić information content (AvgIpc) is 2.17. The molecule has 1 rings (SSSR count). The van der Waals surface area contributed by atoms with Gasteiger partial charge in [0.1, 0.15) is 0 Å². The van der Waals surface area contributed by atoms with Gasteiger partial charge in [-0.3, -0.25) is 0 Å². The van der Waals surface area contributed by atoms with Gasteiger partial charge < -0.3 is 0 Å². The van der Waals surface area contributed by atoms with Crippen LogP contribution in [-0.2, 0) is 0 Å². The van der Waals surface area contributed by atoms with Gasteiger partial charge in [0.15, 0.2) is 0 Å². The molecule has 0 heterocycles. The van der Waals surface area contributed by atoms with Crippen LogP contribution in [0.5, 0.6) is 0 Å². The molecule has 0 aliphatic rings. The Morgan fingerprint density at radius 1 is 1.27 bits per heavy atom. The van der Waals surface area contributed by atoms with Gasteiger partial charge in [-0.15, -0.1) is 11.8 Å². The molecule has 0 saturated carbocycles. The van der Waals surface area contributed by atoms with Crippen molar-refractivity contribution in [3.05, 3.63) is 30.3 Å². The zero-order chi connectivity index (χ0) is 11.3. The fraction of sp³-hybridized carbons (Fsp3) is 0.462. The maximum absolute atomic E-state index is 8.81. The Hall–Kier alpha value is -0.940. The number of nitrogens with zero attached hydrogens (tertiary/aromatic N) is 1. The van der Waals surface area contributed by atoms with Crippen molar-refractivity contribution in [1.29, 1.82) is 5.26 Å². The third-order valence-corrected chi connectivity index (χ3v) is 3.97. The summed E-state index contributed by atoms with van der Waals surface area (Å²) < 4.78 is 0. The molecule has 80 valence electrons. The smallest absolute Gasteiger partial charge is 0.0633 e. The van der Waals surface area contributed by atoms with Gasteiger partial charge in [0, 0.05) is 16.6 Å². The molecule has 0 aliphatic carbocycles. The van der Waals surface area contributed by atoms with Crippen LogP contribution in [0.1, 0.15) is 27.2 Å². The van der Waals surface area contributed by atoms with Crippen LogP contribution in [0.4, 0.5) is 0 Å². The summed E-state index contributed by atoms with van der Waals surface area (Å²) in [6.45, 7) is 6.56. The zero-order valence-corrected chi connectivity index (χ0v) is 10.3. The van der Waals surface area contributed by atoms with Gasteiger partial charge >= 0.3 is 0 Å². The molecule has 0 saturated heterocycles. The minimum atomic E-state index is 0.163. The average molecular weight is 219 g/mol. The van der Waals surface area contributed by atoms with E-state index in [0.717, 1.165) is 0 Å². The molecule has 0 amide bonds. The van der Waals surface area contributed by atoms with Crippen LogP contribution in [0.15, 0.2) is 35.2 Å². The van der Waals surface area contributed by atoms with Crippen LogP contribution in [0.3, 0.4) is 0 Å². The predicted molar refractivity (Wildman–Crippen MR) is 65.8 cm³/mol. The number of rotatable bonds is 3. The van der Waals surface area contributed by atoms with Gasteiger partial charge in [-0.25, -0.2) is 0 Å². The molecule has 0 aromatic heterocycles. The summed E-state index contributed by atoms with van der Waals surface area (Å²) in [6, 6.07) is 12.6. The fourth-order valence-corrected chi connectivity index (χ4v) is 2.43. The lowest BCUT2D eigenvalue weighted by atomic mass is 9.90. The molecule has 0 bridgehead atoms. The molecule has 1 aromatic carbocycles. The van der Waals surface area contributed by atoms with Gasteiger partial charge in [0.2, 0.25) is 0 Å². The van der Waals surface area contributed by atoms with Crippen LogP contribution >= 0.6 is 11.8 Å². The van der Waals surface area contributed by atoms with Crippen LogP contribution in [0.25, 0.3) is 0 Å². The highest BCUT2D eigenvalue weighted by atomic mass is 32.2. The summed E-state index contributed by atoms with van der Waals surface area (Å²) in [4.78, 5) is 1.24. The van der Waals surface area contributed by atoms with Crippen molar-refractivity contribution in [1.82, 2.24) is 0 Å². The second-order valence-electron chi connectivity index (χ2n) is 4.65. The molecule has 0 fully saturated rings. The third kappa shape index (κ3) is 3.97. The minimum Gasteiger partial charge on any atom is -0.198 e. The summed E-state index contributed by atoms with van der Waals surface area (Å²) in [5, 5.41) is 9.17. The summed E-state index contributed by atoms with van der Waals surface area (Å²) >= 11 is 1.80. The van der Waals surface area contributed by atoms with E-state index in [0.29, 0.717) is 11.7 Å². The molecule has 1 atom stereocenters. The highest BCUT2D eigenvalue weighted by Gasteiger charge is 2.25. The zero-order valence-electron chi connectivity index (χ0n) is 9.53. The van der Waals surface area contributed by atoms with E-state index in [2.05, 4.69) is 39.0 Å². The van der Waals surface area contributed by atoms with E-state index in [4.69, 9.17) is 5.26 Å². The van der Waals surface area contributed by atoms with E-state index in [-0.39, 0.29) is 5.41 Å². The van der Waals surface area contributed by atoms with Crippen molar-refractivity contribution in [2.45, 2.75) is 37.3 Å². The largest absolute Gasteiger partial charge is 0.198 e. The number of benzene rings is 1. The van der Waals surface area contributed by atoms with Crippen molar-refractivity contribution < 1.29 is 0 Å². The first-order chi connectivity index (χ1) is 7.04. The van der Waals surface area contributed by atoms with Gasteiger partial charge in [0.05, 0.1) is 6.07 Å². The molecule has 0 aliphatic heterocycles. The monoisotopic (exact) mass is 219 g/mol. The summed E-state index contributed by atoms with van der Waals surface area (Å²) in [5.41, 5.74) is 0.163. The van der Waals surface area contributed by atoms with E-state index >= 15 is 0 Å². The number of thioether (sulfide) groups is 1. The van der Waals surface area contributed by atoms with Crippen molar-refractivity contribution in [3.63, 3.8) is 0 Å². The minimum absolute atomic E-state index is 0.163. The predicted octanol–water partition coefficient (Wildman–Crippen LogP) is 4.11. The maximum Gasteiger partial charge on any atom is 0.0633 e. The van der Waals surface area contributed by atoms with Gasteiger partial charge in [0.25, 0.3) is 0 Å². The molecule has 0 spiro atoms. The van der Waals surface area contributed by atoms with Gasteiger partial charge in [-0.1, -0.05) is 39.0 Å². The van der Waals surface area contributed by atoms with Crippen molar-refractivity contribution in [2.75, 3.05) is 0 Å². The molecule has 2 heteroatoms. The van der Waals surface area contributed by atoms with Crippen molar-refractivity contribution >= 4 is 11.8 Å². The molecular weight excluding hydrogens is 202 g/mol.